The quantitative estimate of drug-likeness (QED) is 0.142. The van der Waals surface area contributed by atoms with Gasteiger partial charge in [-0.2, -0.15) is 0 Å². The summed E-state index contributed by atoms with van der Waals surface area (Å²) >= 11 is 0. The molecule has 71 heavy (non-hydrogen) atoms. The van der Waals surface area contributed by atoms with Gasteiger partial charge in [0.1, 0.15) is 11.2 Å². The van der Waals surface area contributed by atoms with E-state index in [-0.39, 0.29) is 0 Å². The van der Waals surface area contributed by atoms with E-state index in [4.69, 9.17) is 4.42 Å². The molecule has 332 valence electrons. The first-order valence-corrected chi connectivity index (χ1v) is 24.3. The van der Waals surface area contributed by atoms with Crippen molar-refractivity contribution in [3.63, 3.8) is 0 Å². The van der Waals surface area contributed by atoms with E-state index in [0.717, 1.165) is 72.5 Å². The van der Waals surface area contributed by atoms with Gasteiger partial charge in [0.25, 0.3) is 0 Å². The molecular formula is C68H44N2O. The van der Waals surface area contributed by atoms with Gasteiger partial charge in [0.05, 0.1) is 28.1 Å². The number of aromatic nitrogens is 1. The molecule has 2 heterocycles. The molecule has 0 fully saturated rings. The summed E-state index contributed by atoms with van der Waals surface area (Å²) in [6.45, 7) is 0. The summed E-state index contributed by atoms with van der Waals surface area (Å²) in [7, 11) is 0. The van der Waals surface area contributed by atoms with Gasteiger partial charge in [0.15, 0.2) is 0 Å². The highest BCUT2D eigenvalue weighted by Crippen LogP contribution is 2.49. The van der Waals surface area contributed by atoms with Crippen molar-refractivity contribution in [3.8, 4) is 50.2 Å². The van der Waals surface area contributed by atoms with Gasteiger partial charge in [-0.05, 0) is 98.4 Å². The Bertz CT molecular complexity index is 4300. The molecule has 14 rings (SSSR count). The van der Waals surface area contributed by atoms with Gasteiger partial charge in [-0.15, -0.1) is 0 Å². The topological polar surface area (TPSA) is 21.3 Å². The Hall–Kier alpha value is -9.44. The fourth-order valence-electron chi connectivity index (χ4n) is 11.2. The normalized spacial score (nSPS) is 11.7. The second-order valence-electron chi connectivity index (χ2n) is 18.4. The zero-order valence-electron chi connectivity index (χ0n) is 38.7. The summed E-state index contributed by atoms with van der Waals surface area (Å²) in [5, 5.41) is 9.59. The van der Waals surface area contributed by atoms with Crippen molar-refractivity contribution in [2.24, 2.45) is 0 Å². The number of anilines is 3. The maximum Gasteiger partial charge on any atom is 0.143 e. The second kappa shape index (κ2) is 16.7. The third-order valence-corrected chi connectivity index (χ3v) is 14.4. The van der Waals surface area contributed by atoms with E-state index in [0.29, 0.717) is 0 Å². The minimum atomic E-state index is 0.877. The summed E-state index contributed by atoms with van der Waals surface area (Å²) < 4.78 is 9.19. The van der Waals surface area contributed by atoms with Crippen LogP contribution < -0.4 is 4.90 Å². The van der Waals surface area contributed by atoms with Crippen molar-refractivity contribution in [2.45, 2.75) is 0 Å². The zero-order valence-corrected chi connectivity index (χ0v) is 38.7. The molecule has 14 aromatic rings. The Kier molecular flexibility index (Phi) is 9.53. The first kappa shape index (κ1) is 40.6. The number of benzene rings is 12. The summed E-state index contributed by atoms with van der Waals surface area (Å²) in [4.78, 5) is 2.45. The highest BCUT2D eigenvalue weighted by molar-refractivity contribution is 6.16. The third kappa shape index (κ3) is 6.66. The van der Waals surface area contributed by atoms with Gasteiger partial charge in [-0.3, -0.25) is 0 Å². The van der Waals surface area contributed by atoms with E-state index in [9.17, 15) is 0 Å². The minimum absolute atomic E-state index is 0.877. The average molecular weight is 905 g/mol. The van der Waals surface area contributed by atoms with Crippen LogP contribution in [0.5, 0.6) is 0 Å². The summed E-state index contributed by atoms with van der Waals surface area (Å²) in [6.07, 6.45) is 0. The van der Waals surface area contributed by atoms with Gasteiger partial charge < -0.3 is 13.9 Å². The number of rotatable bonds is 8. The van der Waals surface area contributed by atoms with Crippen LogP contribution in [0.15, 0.2) is 271 Å². The minimum Gasteiger partial charge on any atom is -0.455 e. The van der Waals surface area contributed by atoms with Crippen molar-refractivity contribution >= 4 is 82.4 Å². The standard InChI is InChI=1S/C68H44N2O/c1-2-19-45(20-3-1)47-39-42-51(66(44-47)70-64-34-15-8-25-54(64)55-26-9-16-35-65(55)70)46-37-40-49(41-38-46)69(62-32-13-10-27-56(62)59-30-18-31-60-58-29-12-17-36-67(58)71-68(59)60)63-33-14-11-28-57(63)61-43-48-21-4-5-22-50(48)52-23-6-7-24-53(52)61/h1-44H. The number of para-hydroxylation sites is 6. The van der Waals surface area contributed by atoms with Crippen LogP contribution in [-0.4, -0.2) is 4.57 Å². The summed E-state index contributed by atoms with van der Waals surface area (Å²) in [6, 6.07) is 96.8. The Balaban J connectivity index is 0.998. The predicted molar refractivity (Wildman–Crippen MR) is 299 cm³/mol. The molecule has 2 aromatic heterocycles. The fourth-order valence-corrected chi connectivity index (χ4v) is 11.2. The molecule has 3 nitrogen and oxygen atoms in total. The van der Waals surface area contributed by atoms with Crippen LogP contribution in [0.2, 0.25) is 0 Å². The van der Waals surface area contributed by atoms with Crippen LogP contribution in [0.3, 0.4) is 0 Å². The van der Waals surface area contributed by atoms with E-state index in [1.165, 1.54) is 60.0 Å². The Morgan fingerprint density at radius 2 is 0.831 bits per heavy atom. The van der Waals surface area contributed by atoms with E-state index in [1.807, 2.05) is 6.07 Å². The molecule has 0 atom stereocenters. The van der Waals surface area contributed by atoms with Gasteiger partial charge in [-0.1, -0.05) is 212 Å². The van der Waals surface area contributed by atoms with Crippen LogP contribution >= 0.6 is 0 Å². The molecule has 12 aromatic carbocycles. The molecule has 0 N–H and O–H groups in total. The van der Waals surface area contributed by atoms with Crippen LogP contribution in [0.1, 0.15) is 0 Å². The molecule has 0 aliphatic rings. The van der Waals surface area contributed by atoms with Gasteiger partial charge in [-0.25, -0.2) is 0 Å². The number of fused-ring (bicyclic) bond motifs is 9. The van der Waals surface area contributed by atoms with Crippen molar-refractivity contribution in [3.05, 3.63) is 267 Å². The van der Waals surface area contributed by atoms with Crippen LogP contribution in [0.25, 0.3) is 115 Å². The van der Waals surface area contributed by atoms with Gasteiger partial charge in [0.2, 0.25) is 0 Å². The van der Waals surface area contributed by atoms with Crippen LogP contribution in [0, 0.1) is 0 Å². The van der Waals surface area contributed by atoms with Crippen LogP contribution in [0.4, 0.5) is 17.1 Å². The molecule has 0 amide bonds. The number of nitrogens with zero attached hydrogens (tertiary/aromatic N) is 2. The van der Waals surface area contributed by atoms with Gasteiger partial charge >= 0.3 is 0 Å². The van der Waals surface area contributed by atoms with Crippen molar-refractivity contribution in [2.75, 3.05) is 4.90 Å². The lowest BCUT2D eigenvalue weighted by atomic mass is 9.91. The van der Waals surface area contributed by atoms with Crippen molar-refractivity contribution < 1.29 is 4.42 Å². The fraction of sp³-hybridized carbons (Fsp3) is 0. The maximum absolute atomic E-state index is 6.74. The molecule has 0 unspecified atom stereocenters. The van der Waals surface area contributed by atoms with Crippen molar-refractivity contribution in [1.82, 2.24) is 4.57 Å². The smallest absolute Gasteiger partial charge is 0.143 e. The average Bonchev–Trinajstić information content (AvgIpc) is 4.00. The number of furan rings is 1. The highest BCUT2D eigenvalue weighted by atomic mass is 16.3. The maximum atomic E-state index is 6.74. The Morgan fingerprint density at radius 1 is 0.296 bits per heavy atom. The largest absolute Gasteiger partial charge is 0.455 e. The predicted octanol–water partition coefficient (Wildman–Crippen LogP) is 19.1. The van der Waals surface area contributed by atoms with E-state index >= 15 is 0 Å². The van der Waals surface area contributed by atoms with Crippen LogP contribution in [-0.2, 0) is 0 Å². The SMILES string of the molecule is c1ccc(-c2ccc(-c3ccc(N(c4ccccc4-c4cc5ccccc5c5ccccc45)c4ccccc4-c4cccc5c4oc4ccccc45)cc3)c(-n3c4ccccc4c4ccccc43)c2)cc1. The molecule has 0 saturated carbocycles. The first-order chi connectivity index (χ1) is 35.2. The molecule has 0 spiro atoms. The lowest BCUT2D eigenvalue weighted by molar-refractivity contribution is 0.670. The second-order valence-corrected chi connectivity index (χ2v) is 18.4. The van der Waals surface area contributed by atoms with E-state index in [2.05, 4.69) is 270 Å². The molecule has 0 aliphatic carbocycles. The summed E-state index contributed by atoms with van der Waals surface area (Å²) in [5.74, 6) is 0. The Labute approximate surface area is 411 Å². The van der Waals surface area contributed by atoms with E-state index < -0.39 is 0 Å². The first-order valence-electron chi connectivity index (χ1n) is 24.3. The molecule has 0 aliphatic heterocycles. The Morgan fingerprint density at radius 3 is 1.56 bits per heavy atom. The van der Waals surface area contributed by atoms with Gasteiger partial charge in [0, 0.05) is 49.5 Å². The molecule has 3 heteroatoms. The monoisotopic (exact) mass is 904 g/mol. The number of hydrogen-bond acceptors (Lipinski definition) is 2. The molecule has 0 radical (unpaired) electrons. The molecular weight excluding hydrogens is 861 g/mol. The lowest BCUT2D eigenvalue weighted by Gasteiger charge is -2.30. The zero-order chi connectivity index (χ0) is 46.8. The number of hydrogen-bond donors (Lipinski definition) is 0. The highest BCUT2D eigenvalue weighted by Gasteiger charge is 2.24. The van der Waals surface area contributed by atoms with E-state index in [1.54, 1.807) is 0 Å². The molecule has 0 saturated heterocycles. The molecule has 0 bridgehead atoms. The third-order valence-electron chi connectivity index (χ3n) is 14.4. The van der Waals surface area contributed by atoms with Crippen molar-refractivity contribution in [1.29, 1.82) is 0 Å². The summed E-state index contributed by atoms with van der Waals surface area (Å²) in [5.41, 5.74) is 17.5. The lowest BCUT2D eigenvalue weighted by Crippen LogP contribution is -2.12.